The summed E-state index contributed by atoms with van der Waals surface area (Å²) in [4.78, 5) is 11.8. The summed E-state index contributed by atoms with van der Waals surface area (Å²) in [6.07, 6.45) is -9.39. The number of hydrogen-bond acceptors (Lipinski definition) is 2. The number of hydrogen-bond donors (Lipinski definition) is 2. The first-order chi connectivity index (χ1) is 13.9. The number of alkyl halides is 6. The molecule has 2 N–H and O–H groups in total. The lowest BCUT2D eigenvalue weighted by atomic mass is 9.91. The van der Waals surface area contributed by atoms with E-state index in [2.05, 4.69) is 10.6 Å². The van der Waals surface area contributed by atoms with Crippen molar-refractivity contribution in [3.63, 3.8) is 0 Å². The normalized spacial score (nSPS) is 20.2. The minimum absolute atomic E-state index is 0.0751. The number of benzene rings is 2. The van der Waals surface area contributed by atoms with E-state index in [4.69, 9.17) is 0 Å². The smallest absolute Gasteiger partial charge is 0.348 e. The summed E-state index contributed by atoms with van der Waals surface area (Å²) in [5.74, 6) is -0.727. The fourth-order valence-electron chi connectivity index (χ4n) is 3.38. The fourth-order valence-corrected chi connectivity index (χ4v) is 3.38. The van der Waals surface area contributed by atoms with Gasteiger partial charge in [0.25, 0.3) is 0 Å². The number of amides is 1. The van der Waals surface area contributed by atoms with Crippen LogP contribution < -0.4 is 10.6 Å². The Labute approximate surface area is 167 Å². The van der Waals surface area contributed by atoms with Crippen LogP contribution in [0.2, 0.25) is 0 Å². The molecule has 0 aliphatic carbocycles. The molecule has 1 aliphatic heterocycles. The first-order valence-corrected chi connectivity index (χ1v) is 9.00. The molecule has 0 saturated carbocycles. The number of nitrogens with one attached hydrogen (secondary N) is 2. The topological polar surface area (TPSA) is 41.1 Å². The van der Waals surface area contributed by atoms with Crippen LogP contribution in [0, 0.1) is 5.82 Å². The zero-order chi connectivity index (χ0) is 22.1. The van der Waals surface area contributed by atoms with Crippen LogP contribution in [-0.4, -0.2) is 11.9 Å². The van der Waals surface area contributed by atoms with Gasteiger partial charge in [0.1, 0.15) is 5.82 Å². The van der Waals surface area contributed by atoms with Gasteiger partial charge in [-0.1, -0.05) is 12.1 Å². The number of carbonyl (C=O) groups is 1. The van der Waals surface area contributed by atoms with E-state index in [1.807, 2.05) is 0 Å². The lowest BCUT2D eigenvalue weighted by molar-refractivity contribution is -0.143. The summed E-state index contributed by atoms with van der Waals surface area (Å²) in [5.41, 5.74) is -2.39. The second-order valence-electron chi connectivity index (χ2n) is 7.04. The van der Waals surface area contributed by atoms with Crippen LogP contribution in [0.3, 0.4) is 0 Å². The van der Waals surface area contributed by atoms with Gasteiger partial charge in [-0.2, -0.15) is 26.3 Å². The summed E-state index contributed by atoms with van der Waals surface area (Å²) < 4.78 is 91.3. The van der Waals surface area contributed by atoms with Crippen LogP contribution in [-0.2, 0) is 23.7 Å². The molecule has 2 aromatic carbocycles. The predicted octanol–water partition coefficient (Wildman–Crippen LogP) is 4.97. The van der Waals surface area contributed by atoms with Crippen LogP contribution in [0.25, 0.3) is 0 Å². The molecule has 0 aromatic heterocycles. The van der Waals surface area contributed by atoms with Crippen molar-refractivity contribution in [1.82, 2.24) is 10.6 Å². The first kappa shape index (κ1) is 22.1. The summed E-state index contributed by atoms with van der Waals surface area (Å²) in [6.45, 7) is -0.273. The van der Waals surface area contributed by atoms with Gasteiger partial charge in [-0.15, -0.1) is 0 Å². The lowest BCUT2D eigenvalue weighted by Crippen LogP contribution is -2.48. The van der Waals surface area contributed by atoms with Gasteiger partial charge < -0.3 is 10.6 Å². The molecule has 30 heavy (non-hydrogen) atoms. The first-order valence-electron chi connectivity index (χ1n) is 9.00. The van der Waals surface area contributed by atoms with E-state index < -0.39 is 41.4 Å². The van der Waals surface area contributed by atoms with Gasteiger partial charge in [-0.05, 0) is 47.9 Å². The van der Waals surface area contributed by atoms with Crippen molar-refractivity contribution in [3.05, 3.63) is 70.5 Å². The second kappa shape index (κ2) is 8.25. The van der Waals surface area contributed by atoms with Crippen LogP contribution in [0.15, 0.2) is 42.5 Å². The highest BCUT2D eigenvalue weighted by molar-refractivity contribution is 5.77. The molecule has 0 spiro atoms. The van der Waals surface area contributed by atoms with E-state index >= 15 is 0 Å². The summed E-state index contributed by atoms with van der Waals surface area (Å²) in [5, 5.41) is 5.66. The second-order valence-corrected chi connectivity index (χ2v) is 7.04. The quantitative estimate of drug-likeness (QED) is 0.667. The Bertz CT molecular complexity index is 875. The number of halogens is 7. The maximum absolute atomic E-state index is 13.2. The number of rotatable bonds is 4. The third kappa shape index (κ3) is 5.29. The van der Waals surface area contributed by atoms with Gasteiger partial charge >= 0.3 is 12.4 Å². The largest absolute Gasteiger partial charge is 0.416 e. The predicted molar refractivity (Wildman–Crippen MR) is 93.6 cm³/mol. The lowest BCUT2D eigenvalue weighted by Gasteiger charge is -2.33. The average Bonchev–Trinajstić information content (AvgIpc) is 2.66. The molecule has 3 rings (SSSR count). The van der Waals surface area contributed by atoms with Crippen LogP contribution >= 0.6 is 0 Å². The zero-order valence-electron chi connectivity index (χ0n) is 15.4. The van der Waals surface area contributed by atoms with Gasteiger partial charge in [-0.3, -0.25) is 4.79 Å². The van der Waals surface area contributed by atoms with Crippen molar-refractivity contribution in [3.8, 4) is 0 Å². The molecule has 1 saturated heterocycles. The van der Waals surface area contributed by atoms with Crippen LogP contribution in [0.4, 0.5) is 30.7 Å². The minimum Gasteiger partial charge on any atom is -0.348 e. The molecule has 1 fully saturated rings. The maximum atomic E-state index is 13.2. The zero-order valence-corrected chi connectivity index (χ0v) is 15.4. The Kier molecular flexibility index (Phi) is 6.07. The van der Waals surface area contributed by atoms with E-state index in [1.54, 1.807) is 0 Å². The van der Waals surface area contributed by atoms with Crippen molar-refractivity contribution < 1.29 is 35.5 Å². The third-order valence-electron chi connectivity index (χ3n) is 4.85. The molecule has 0 bridgehead atoms. The van der Waals surface area contributed by atoms with E-state index in [1.165, 1.54) is 24.3 Å². The Morgan fingerprint density at radius 3 is 2.03 bits per heavy atom. The van der Waals surface area contributed by atoms with Crippen molar-refractivity contribution in [1.29, 1.82) is 0 Å². The standard InChI is InChI=1S/C20H17F7N2O/c21-15-3-1-12(2-4-15)18-16(5-6-17(30)29-18)28-10-11-7-13(19(22,23)24)9-14(8-11)20(25,26)27/h1-4,7-9,16,18,28H,5-6,10H2,(H,29,30)/t16-,18-/m0/s1. The van der Waals surface area contributed by atoms with Gasteiger partial charge in [0.15, 0.2) is 0 Å². The van der Waals surface area contributed by atoms with Gasteiger partial charge in [0.2, 0.25) is 5.91 Å². The van der Waals surface area contributed by atoms with Crippen molar-refractivity contribution >= 4 is 5.91 Å². The molecular formula is C20H17F7N2O. The molecule has 2 aromatic rings. The molecule has 162 valence electrons. The summed E-state index contributed by atoms with van der Waals surface area (Å²) >= 11 is 0. The maximum Gasteiger partial charge on any atom is 0.416 e. The summed E-state index contributed by atoms with van der Waals surface area (Å²) in [6, 6.07) is 5.68. The van der Waals surface area contributed by atoms with E-state index in [0.717, 1.165) is 0 Å². The van der Waals surface area contributed by atoms with Crippen molar-refractivity contribution in [2.45, 2.75) is 43.8 Å². The minimum atomic E-state index is -4.93. The third-order valence-corrected chi connectivity index (χ3v) is 4.85. The van der Waals surface area contributed by atoms with Crippen LogP contribution in [0.5, 0.6) is 0 Å². The Balaban J connectivity index is 1.83. The Morgan fingerprint density at radius 2 is 1.50 bits per heavy atom. The van der Waals surface area contributed by atoms with Gasteiger partial charge in [0.05, 0.1) is 17.2 Å². The average molecular weight is 434 g/mol. The molecule has 1 aliphatic rings. The fraction of sp³-hybridized carbons (Fsp3) is 0.350. The number of carbonyl (C=O) groups excluding carboxylic acids is 1. The molecule has 0 unspecified atom stereocenters. The van der Waals surface area contributed by atoms with Crippen molar-refractivity contribution in [2.75, 3.05) is 0 Å². The highest BCUT2D eigenvalue weighted by atomic mass is 19.4. The molecular weight excluding hydrogens is 417 g/mol. The van der Waals surface area contributed by atoms with E-state index in [-0.39, 0.29) is 30.5 Å². The van der Waals surface area contributed by atoms with E-state index in [0.29, 0.717) is 24.1 Å². The van der Waals surface area contributed by atoms with E-state index in [9.17, 15) is 35.5 Å². The SMILES string of the molecule is O=C1CC[C@H](NCc2cc(C(F)(F)F)cc(C(F)(F)F)c2)[C@H](c2ccc(F)cc2)N1. The highest BCUT2D eigenvalue weighted by Gasteiger charge is 2.37. The molecule has 2 atom stereocenters. The Hall–Kier alpha value is -2.62. The molecule has 1 amide bonds. The molecule has 0 radical (unpaired) electrons. The Morgan fingerprint density at radius 1 is 0.933 bits per heavy atom. The molecule has 10 heteroatoms. The number of piperidine rings is 1. The molecule has 3 nitrogen and oxygen atoms in total. The molecule has 1 heterocycles. The summed E-state index contributed by atoms with van der Waals surface area (Å²) in [7, 11) is 0. The van der Waals surface area contributed by atoms with Gasteiger partial charge in [0, 0.05) is 19.0 Å². The highest BCUT2D eigenvalue weighted by Crippen LogP contribution is 2.36. The van der Waals surface area contributed by atoms with Crippen LogP contribution in [0.1, 0.15) is 41.1 Å². The van der Waals surface area contributed by atoms with Gasteiger partial charge in [-0.25, -0.2) is 4.39 Å². The monoisotopic (exact) mass is 434 g/mol. The van der Waals surface area contributed by atoms with Crippen molar-refractivity contribution in [2.24, 2.45) is 0 Å².